The normalized spacial score (nSPS) is 12.5. The van der Waals surface area contributed by atoms with Gasteiger partial charge in [0.15, 0.2) is 11.9 Å². The molecule has 0 aliphatic carbocycles. The van der Waals surface area contributed by atoms with Gasteiger partial charge in [0.2, 0.25) is 0 Å². The highest BCUT2D eigenvalue weighted by molar-refractivity contribution is 9.10. The highest BCUT2D eigenvalue weighted by Gasteiger charge is 2.23. The summed E-state index contributed by atoms with van der Waals surface area (Å²) in [6.07, 6.45) is 1.02. The molecule has 2 heterocycles. The van der Waals surface area contributed by atoms with Crippen molar-refractivity contribution in [2.24, 2.45) is 0 Å². The monoisotopic (exact) mass is 442 g/mol. The second kappa shape index (κ2) is 8.14. The van der Waals surface area contributed by atoms with Crippen LogP contribution in [0.3, 0.4) is 0 Å². The number of halogens is 1. The Morgan fingerprint density at radius 2 is 1.89 bits per heavy atom. The van der Waals surface area contributed by atoms with Gasteiger partial charge in [0, 0.05) is 22.2 Å². The number of carbonyl (C=O) groups is 1. The molecule has 0 saturated heterocycles. The molecule has 1 aromatic carbocycles. The van der Waals surface area contributed by atoms with Crippen LogP contribution in [-0.4, -0.2) is 26.8 Å². The Labute approximate surface area is 173 Å². The first-order chi connectivity index (χ1) is 13.2. The summed E-state index contributed by atoms with van der Waals surface area (Å²) < 4.78 is 8.34. The summed E-state index contributed by atoms with van der Waals surface area (Å²) in [5.74, 6) is 1.55. The van der Waals surface area contributed by atoms with E-state index in [4.69, 9.17) is 4.74 Å². The lowest BCUT2D eigenvalue weighted by Gasteiger charge is -2.15. The highest BCUT2D eigenvalue weighted by Crippen LogP contribution is 2.26. The maximum absolute atomic E-state index is 12.7. The number of nitrogens with zero attached hydrogens (tertiary/aromatic N) is 3. The van der Waals surface area contributed by atoms with Gasteiger partial charge in [0.05, 0.1) is 5.69 Å². The zero-order valence-corrected chi connectivity index (χ0v) is 17.9. The van der Waals surface area contributed by atoms with E-state index in [9.17, 15) is 4.79 Å². The summed E-state index contributed by atoms with van der Waals surface area (Å²) >= 11 is 3.38. The van der Waals surface area contributed by atoms with Gasteiger partial charge in [0.1, 0.15) is 11.6 Å². The first-order valence-electron chi connectivity index (χ1n) is 8.99. The van der Waals surface area contributed by atoms with Crippen LogP contribution in [0.5, 0.6) is 5.75 Å². The molecule has 3 aromatic rings. The van der Waals surface area contributed by atoms with Crippen molar-refractivity contribution in [2.75, 3.05) is 5.32 Å². The SMILES string of the molecule is CC(Oc1ccc(Br)cc1)C(=O)Nc1cc(C(C)(C)C)nn1-c1ccccn1. The van der Waals surface area contributed by atoms with E-state index < -0.39 is 6.10 Å². The first kappa shape index (κ1) is 20.1. The summed E-state index contributed by atoms with van der Waals surface area (Å²) in [4.78, 5) is 17.1. The fourth-order valence-electron chi connectivity index (χ4n) is 2.49. The van der Waals surface area contributed by atoms with Crippen molar-refractivity contribution < 1.29 is 9.53 Å². The number of benzene rings is 1. The van der Waals surface area contributed by atoms with Gasteiger partial charge in [-0.25, -0.2) is 4.98 Å². The lowest BCUT2D eigenvalue weighted by atomic mass is 9.92. The second-order valence-electron chi connectivity index (χ2n) is 7.47. The predicted octanol–water partition coefficient (Wildman–Crippen LogP) is 4.73. The van der Waals surface area contributed by atoms with Gasteiger partial charge in [-0.3, -0.25) is 4.79 Å². The number of aromatic nitrogens is 3. The third-order valence-electron chi connectivity index (χ3n) is 4.09. The smallest absolute Gasteiger partial charge is 0.266 e. The molecule has 0 spiro atoms. The number of anilines is 1. The Bertz CT molecular complexity index is 947. The molecule has 0 fully saturated rings. The molecule has 1 amide bonds. The molecule has 146 valence electrons. The van der Waals surface area contributed by atoms with Crippen LogP contribution in [0.15, 0.2) is 59.2 Å². The maximum atomic E-state index is 12.7. The third kappa shape index (κ3) is 4.78. The lowest BCUT2D eigenvalue weighted by Crippen LogP contribution is -2.31. The fourth-order valence-corrected chi connectivity index (χ4v) is 2.75. The molecule has 0 aliphatic heterocycles. The Hall–Kier alpha value is -2.67. The van der Waals surface area contributed by atoms with Crippen LogP contribution in [0, 0.1) is 0 Å². The van der Waals surface area contributed by atoms with E-state index in [0.29, 0.717) is 17.4 Å². The van der Waals surface area contributed by atoms with E-state index >= 15 is 0 Å². The van der Waals surface area contributed by atoms with Gasteiger partial charge in [-0.2, -0.15) is 9.78 Å². The van der Waals surface area contributed by atoms with Crippen molar-refractivity contribution >= 4 is 27.7 Å². The van der Waals surface area contributed by atoms with Crippen LogP contribution in [0.2, 0.25) is 0 Å². The van der Waals surface area contributed by atoms with Crippen LogP contribution in [-0.2, 0) is 10.2 Å². The van der Waals surface area contributed by atoms with E-state index in [1.807, 2.05) is 48.5 Å². The molecule has 3 rings (SSSR count). The molecule has 1 atom stereocenters. The Kier molecular flexibility index (Phi) is 5.84. The standard InChI is InChI=1S/C21H23BrN4O2/c1-14(28-16-10-8-15(22)9-11-16)20(27)24-19-13-17(21(2,3)4)25-26(19)18-7-5-6-12-23-18/h5-14H,1-4H3,(H,24,27). The number of pyridine rings is 1. The Morgan fingerprint density at radius 1 is 1.18 bits per heavy atom. The summed E-state index contributed by atoms with van der Waals surface area (Å²) in [7, 11) is 0. The number of carbonyl (C=O) groups excluding carboxylic acids is 1. The predicted molar refractivity (Wildman–Crippen MR) is 113 cm³/mol. The lowest BCUT2D eigenvalue weighted by molar-refractivity contribution is -0.122. The van der Waals surface area contributed by atoms with Gasteiger partial charge in [-0.05, 0) is 43.3 Å². The third-order valence-corrected chi connectivity index (χ3v) is 4.62. The number of nitrogens with one attached hydrogen (secondary N) is 1. The average molecular weight is 443 g/mol. The molecule has 1 N–H and O–H groups in total. The number of amides is 1. The second-order valence-corrected chi connectivity index (χ2v) is 8.38. The van der Waals surface area contributed by atoms with Gasteiger partial charge < -0.3 is 10.1 Å². The van der Waals surface area contributed by atoms with Crippen molar-refractivity contribution in [2.45, 2.75) is 39.2 Å². The Balaban J connectivity index is 1.83. The van der Waals surface area contributed by atoms with Gasteiger partial charge >= 0.3 is 0 Å². The van der Waals surface area contributed by atoms with Crippen molar-refractivity contribution in [3.8, 4) is 11.6 Å². The minimum Gasteiger partial charge on any atom is -0.481 e. The summed E-state index contributed by atoms with van der Waals surface area (Å²) in [6.45, 7) is 7.93. The minimum atomic E-state index is -0.675. The highest BCUT2D eigenvalue weighted by atomic mass is 79.9. The summed E-state index contributed by atoms with van der Waals surface area (Å²) in [5.41, 5.74) is 0.689. The van der Waals surface area contributed by atoms with E-state index in [2.05, 4.69) is 52.1 Å². The molecule has 0 saturated carbocycles. The topological polar surface area (TPSA) is 69.0 Å². The zero-order chi connectivity index (χ0) is 20.3. The number of hydrogen-bond donors (Lipinski definition) is 1. The van der Waals surface area contributed by atoms with Crippen LogP contribution >= 0.6 is 15.9 Å². The summed E-state index contributed by atoms with van der Waals surface area (Å²) in [5, 5.41) is 7.57. The van der Waals surface area contributed by atoms with Crippen molar-refractivity contribution in [1.29, 1.82) is 0 Å². The molecule has 0 radical (unpaired) electrons. The van der Waals surface area contributed by atoms with E-state index in [1.165, 1.54) is 0 Å². The quantitative estimate of drug-likeness (QED) is 0.619. The van der Waals surface area contributed by atoms with Crippen LogP contribution in [0.4, 0.5) is 5.82 Å². The molecule has 6 nitrogen and oxygen atoms in total. The van der Waals surface area contributed by atoms with Gasteiger partial charge in [-0.15, -0.1) is 0 Å². The van der Waals surface area contributed by atoms with Crippen molar-refractivity contribution in [3.05, 3.63) is 64.9 Å². The zero-order valence-electron chi connectivity index (χ0n) is 16.3. The molecule has 0 bridgehead atoms. The largest absolute Gasteiger partial charge is 0.481 e. The van der Waals surface area contributed by atoms with Crippen LogP contribution in [0.25, 0.3) is 5.82 Å². The average Bonchev–Trinajstić information content (AvgIpc) is 3.08. The first-order valence-corrected chi connectivity index (χ1v) is 9.78. The minimum absolute atomic E-state index is 0.168. The molecular weight excluding hydrogens is 420 g/mol. The molecule has 1 unspecified atom stereocenters. The summed E-state index contributed by atoms with van der Waals surface area (Å²) in [6, 6.07) is 14.8. The Morgan fingerprint density at radius 3 is 2.50 bits per heavy atom. The number of ether oxygens (including phenoxy) is 1. The molecule has 28 heavy (non-hydrogen) atoms. The fraction of sp³-hybridized carbons (Fsp3) is 0.286. The van der Waals surface area contributed by atoms with Gasteiger partial charge in [0.25, 0.3) is 5.91 Å². The van der Waals surface area contributed by atoms with E-state index in [-0.39, 0.29) is 11.3 Å². The number of hydrogen-bond acceptors (Lipinski definition) is 4. The van der Waals surface area contributed by atoms with Crippen molar-refractivity contribution in [1.82, 2.24) is 14.8 Å². The van der Waals surface area contributed by atoms with E-state index in [0.717, 1.165) is 10.2 Å². The molecular formula is C21H23BrN4O2. The maximum Gasteiger partial charge on any atom is 0.266 e. The molecule has 7 heteroatoms. The van der Waals surface area contributed by atoms with Crippen LogP contribution in [0.1, 0.15) is 33.4 Å². The van der Waals surface area contributed by atoms with Gasteiger partial charge in [-0.1, -0.05) is 42.8 Å². The van der Waals surface area contributed by atoms with Crippen molar-refractivity contribution in [3.63, 3.8) is 0 Å². The van der Waals surface area contributed by atoms with Crippen LogP contribution < -0.4 is 10.1 Å². The van der Waals surface area contributed by atoms with E-state index in [1.54, 1.807) is 17.8 Å². The molecule has 0 aliphatic rings. The number of rotatable bonds is 5. The molecule has 2 aromatic heterocycles.